The van der Waals surface area contributed by atoms with Crippen molar-refractivity contribution in [2.45, 2.75) is 6.92 Å². The summed E-state index contributed by atoms with van der Waals surface area (Å²) >= 11 is 0. The standard InChI is InChI=1S/C15H14FNO4/c1-2-20-12-5-3-4-6-13(12)21-14-8-10(16)9(15(18)19)7-11(14)17/h3-8H,2,17H2,1H3,(H,18,19). The Morgan fingerprint density at radius 3 is 2.52 bits per heavy atom. The van der Waals surface area contributed by atoms with Crippen molar-refractivity contribution >= 4 is 11.7 Å². The molecular formula is C15H14FNO4. The zero-order valence-electron chi connectivity index (χ0n) is 11.3. The van der Waals surface area contributed by atoms with Crippen molar-refractivity contribution in [1.29, 1.82) is 0 Å². The van der Waals surface area contributed by atoms with Crippen LogP contribution in [0, 0.1) is 5.82 Å². The fraction of sp³-hybridized carbons (Fsp3) is 0.133. The van der Waals surface area contributed by atoms with Crippen molar-refractivity contribution in [2.75, 3.05) is 12.3 Å². The Kier molecular flexibility index (Phi) is 4.27. The summed E-state index contributed by atoms with van der Waals surface area (Å²) in [5, 5.41) is 8.83. The monoisotopic (exact) mass is 291 g/mol. The minimum absolute atomic E-state index is 0.0279. The summed E-state index contributed by atoms with van der Waals surface area (Å²) < 4.78 is 24.6. The van der Waals surface area contributed by atoms with Gasteiger partial charge in [0.2, 0.25) is 0 Å². The highest BCUT2D eigenvalue weighted by Gasteiger charge is 2.16. The van der Waals surface area contributed by atoms with Crippen LogP contribution < -0.4 is 15.2 Å². The summed E-state index contributed by atoms with van der Waals surface area (Å²) in [5.41, 5.74) is 5.23. The molecule has 5 nitrogen and oxygen atoms in total. The molecule has 6 heteroatoms. The van der Waals surface area contributed by atoms with Gasteiger partial charge in [-0.1, -0.05) is 12.1 Å². The molecule has 0 heterocycles. The number of nitrogen functional groups attached to an aromatic ring is 1. The number of hydrogen-bond donors (Lipinski definition) is 2. The lowest BCUT2D eigenvalue weighted by Crippen LogP contribution is -2.04. The Balaban J connectivity index is 2.36. The van der Waals surface area contributed by atoms with Crippen molar-refractivity contribution in [3.63, 3.8) is 0 Å². The van der Waals surface area contributed by atoms with Crippen LogP contribution in [0.5, 0.6) is 17.2 Å². The smallest absolute Gasteiger partial charge is 0.338 e. The molecule has 110 valence electrons. The first kappa shape index (κ1) is 14.6. The Labute approximate surface area is 120 Å². The first-order valence-corrected chi connectivity index (χ1v) is 6.25. The van der Waals surface area contributed by atoms with Gasteiger partial charge in [0, 0.05) is 6.07 Å². The normalized spacial score (nSPS) is 10.2. The molecule has 21 heavy (non-hydrogen) atoms. The van der Waals surface area contributed by atoms with Gasteiger partial charge in [-0.15, -0.1) is 0 Å². The largest absolute Gasteiger partial charge is 0.490 e. The lowest BCUT2D eigenvalue weighted by molar-refractivity contribution is 0.0692. The van der Waals surface area contributed by atoms with E-state index in [1.807, 2.05) is 6.92 Å². The third-order valence-electron chi connectivity index (χ3n) is 2.70. The average Bonchev–Trinajstić information content (AvgIpc) is 2.44. The molecule has 0 radical (unpaired) electrons. The van der Waals surface area contributed by atoms with Crippen LogP contribution in [0.1, 0.15) is 17.3 Å². The van der Waals surface area contributed by atoms with E-state index in [1.165, 1.54) is 0 Å². The Hall–Kier alpha value is -2.76. The number of aromatic carboxylic acids is 1. The van der Waals surface area contributed by atoms with Crippen LogP contribution in [0.25, 0.3) is 0 Å². The molecular weight excluding hydrogens is 277 g/mol. The number of rotatable bonds is 5. The maximum Gasteiger partial charge on any atom is 0.338 e. The van der Waals surface area contributed by atoms with Gasteiger partial charge in [0.1, 0.15) is 5.82 Å². The molecule has 0 spiro atoms. The Bertz CT molecular complexity index is 673. The van der Waals surface area contributed by atoms with Crippen molar-refractivity contribution in [3.8, 4) is 17.2 Å². The lowest BCUT2D eigenvalue weighted by atomic mass is 10.1. The van der Waals surface area contributed by atoms with Gasteiger partial charge in [0.05, 0.1) is 17.9 Å². The molecule has 0 fully saturated rings. The topological polar surface area (TPSA) is 81.8 Å². The second-order valence-corrected chi connectivity index (χ2v) is 4.16. The molecule has 0 amide bonds. The molecule has 0 saturated heterocycles. The SMILES string of the molecule is CCOc1ccccc1Oc1cc(F)c(C(=O)O)cc1N. The van der Waals surface area contributed by atoms with Crippen LogP contribution in [0.15, 0.2) is 36.4 Å². The number of anilines is 1. The highest BCUT2D eigenvalue weighted by atomic mass is 19.1. The third-order valence-corrected chi connectivity index (χ3v) is 2.70. The lowest BCUT2D eigenvalue weighted by Gasteiger charge is -2.13. The predicted octanol–water partition coefficient (Wildman–Crippen LogP) is 3.30. The minimum atomic E-state index is -1.39. The second kappa shape index (κ2) is 6.13. The van der Waals surface area contributed by atoms with Crippen LogP contribution >= 0.6 is 0 Å². The first-order valence-electron chi connectivity index (χ1n) is 6.25. The van der Waals surface area contributed by atoms with E-state index in [0.717, 1.165) is 12.1 Å². The van der Waals surface area contributed by atoms with Gasteiger partial charge in [0.15, 0.2) is 17.2 Å². The van der Waals surface area contributed by atoms with Crippen molar-refractivity contribution in [3.05, 3.63) is 47.8 Å². The van der Waals surface area contributed by atoms with Gasteiger partial charge < -0.3 is 20.3 Å². The van der Waals surface area contributed by atoms with Gasteiger partial charge >= 0.3 is 5.97 Å². The third kappa shape index (κ3) is 3.22. The summed E-state index contributed by atoms with van der Waals surface area (Å²) in [7, 11) is 0. The minimum Gasteiger partial charge on any atom is -0.490 e. The molecule has 0 unspecified atom stereocenters. The number of ether oxygens (including phenoxy) is 2. The summed E-state index contributed by atoms with van der Waals surface area (Å²) in [6.07, 6.45) is 0. The highest BCUT2D eigenvalue weighted by Crippen LogP contribution is 2.35. The van der Waals surface area contributed by atoms with Crippen molar-refractivity contribution in [2.24, 2.45) is 0 Å². The zero-order chi connectivity index (χ0) is 15.4. The molecule has 0 aromatic heterocycles. The quantitative estimate of drug-likeness (QED) is 0.826. The number of para-hydroxylation sites is 2. The van der Waals surface area contributed by atoms with E-state index in [1.54, 1.807) is 24.3 Å². The Morgan fingerprint density at radius 2 is 1.90 bits per heavy atom. The molecule has 0 saturated carbocycles. The summed E-state index contributed by atoms with van der Waals surface area (Å²) in [6, 6.07) is 8.83. The fourth-order valence-corrected chi connectivity index (χ4v) is 1.75. The fourth-order valence-electron chi connectivity index (χ4n) is 1.75. The van der Waals surface area contributed by atoms with Crippen LogP contribution in [0.4, 0.5) is 10.1 Å². The second-order valence-electron chi connectivity index (χ2n) is 4.16. The van der Waals surface area contributed by atoms with E-state index < -0.39 is 17.3 Å². The van der Waals surface area contributed by atoms with Crippen LogP contribution in [-0.4, -0.2) is 17.7 Å². The van der Waals surface area contributed by atoms with E-state index in [0.29, 0.717) is 18.1 Å². The summed E-state index contributed by atoms with van der Waals surface area (Å²) in [5.74, 6) is -1.42. The van der Waals surface area contributed by atoms with Gasteiger partial charge in [0.25, 0.3) is 0 Å². The number of nitrogens with two attached hydrogens (primary N) is 1. The maximum absolute atomic E-state index is 13.7. The van der Waals surface area contributed by atoms with E-state index in [-0.39, 0.29) is 11.4 Å². The van der Waals surface area contributed by atoms with Crippen LogP contribution in [-0.2, 0) is 0 Å². The average molecular weight is 291 g/mol. The van der Waals surface area contributed by atoms with Gasteiger partial charge in [-0.05, 0) is 25.1 Å². The summed E-state index contributed by atoms with van der Waals surface area (Å²) in [6.45, 7) is 2.27. The molecule has 2 aromatic rings. The molecule has 0 bridgehead atoms. The molecule has 3 N–H and O–H groups in total. The molecule has 2 aromatic carbocycles. The maximum atomic E-state index is 13.7. The van der Waals surface area contributed by atoms with Gasteiger partial charge in [-0.2, -0.15) is 0 Å². The van der Waals surface area contributed by atoms with Crippen LogP contribution in [0.2, 0.25) is 0 Å². The van der Waals surface area contributed by atoms with Crippen molar-refractivity contribution < 1.29 is 23.8 Å². The summed E-state index contributed by atoms with van der Waals surface area (Å²) in [4.78, 5) is 10.8. The van der Waals surface area contributed by atoms with Crippen LogP contribution in [0.3, 0.4) is 0 Å². The van der Waals surface area contributed by atoms with Gasteiger partial charge in [-0.3, -0.25) is 0 Å². The molecule has 0 aliphatic heterocycles. The zero-order valence-corrected chi connectivity index (χ0v) is 11.3. The van der Waals surface area contributed by atoms with Crippen molar-refractivity contribution in [1.82, 2.24) is 0 Å². The molecule has 2 rings (SSSR count). The Morgan fingerprint density at radius 1 is 1.24 bits per heavy atom. The molecule has 0 atom stereocenters. The number of carboxylic acids is 1. The van der Waals surface area contributed by atoms with E-state index in [9.17, 15) is 9.18 Å². The van der Waals surface area contributed by atoms with Gasteiger partial charge in [-0.25, -0.2) is 9.18 Å². The highest BCUT2D eigenvalue weighted by molar-refractivity contribution is 5.89. The predicted molar refractivity (Wildman–Crippen MR) is 75.5 cm³/mol. The number of carbonyl (C=O) groups is 1. The molecule has 0 aliphatic rings. The molecule has 0 aliphatic carbocycles. The van der Waals surface area contributed by atoms with E-state index >= 15 is 0 Å². The van der Waals surface area contributed by atoms with E-state index in [4.69, 9.17) is 20.3 Å². The van der Waals surface area contributed by atoms with E-state index in [2.05, 4.69) is 0 Å². The number of carboxylic acid groups (broad SMARTS) is 1. The first-order chi connectivity index (χ1) is 10.0. The number of benzene rings is 2. The number of halogens is 1. The number of hydrogen-bond acceptors (Lipinski definition) is 4.